The van der Waals surface area contributed by atoms with Crippen molar-refractivity contribution in [1.82, 2.24) is 9.62 Å². The smallest absolute Gasteiger partial charge is 0.243 e. The highest BCUT2D eigenvalue weighted by Gasteiger charge is 2.33. The average Bonchev–Trinajstić information content (AvgIpc) is 2.73. The van der Waals surface area contributed by atoms with E-state index in [-0.39, 0.29) is 28.9 Å². The second kappa shape index (κ2) is 9.75. The van der Waals surface area contributed by atoms with Gasteiger partial charge < -0.3 is 10.1 Å². The van der Waals surface area contributed by atoms with Crippen LogP contribution >= 0.6 is 34.8 Å². The summed E-state index contributed by atoms with van der Waals surface area (Å²) >= 11 is 18.1. The van der Waals surface area contributed by atoms with E-state index in [2.05, 4.69) is 5.32 Å². The van der Waals surface area contributed by atoms with Gasteiger partial charge in [0.1, 0.15) is 5.75 Å². The zero-order valence-electron chi connectivity index (χ0n) is 16.2. The summed E-state index contributed by atoms with van der Waals surface area (Å²) in [5.41, 5.74) is 0.738. The van der Waals surface area contributed by atoms with Crippen molar-refractivity contribution in [3.8, 4) is 5.75 Å². The molecule has 0 saturated carbocycles. The third-order valence-corrected chi connectivity index (χ3v) is 7.73. The highest BCUT2D eigenvalue weighted by atomic mass is 35.5. The number of rotatable bonds is 6. The molecule has 2 aromatic carbocycles. The van der Waals surface area contributed by atoms with Gasteiger partial charge in [-0.05, 0) is 48.7 Å². The molecule has 0 radical (unpaired) electrons. The molecule has 1 fully saturated rings. The van der Waals surface area contributed by atoms with Gasteiger partial charge >= 0.3 is 0 Å². The monoisotopic (exact) mass is 490 g/mol. The van der Waals surface area contributed by atoms with Crippen molar-refractivity contribution in [2.75, 3.05) is 20.2 Å². The Labute approximate surface area is 191 Å². The topological polar surface area (TPSA) is 75.7 Å². The molecule has 3 rings (SSSR count). The van der Waals surface area contributed by atoms with Crippen molar-refractivity contribution in [2.24, 2.45) is 5.92 Å². The Hall–Kier alpha value is -1.51. The molecule has 1 unspecified atom stereocenters. The molecule has 10 heteroatoms. The van der Waals surface area contributed by atoms with E-state index in [4.69, 9.17) is 39.5 Å². The van der Waals surface area contributed by atoms with Gasteiger partial charge in [-0.25, -0.2) is 8.42 Å². The zero-order chi connectivity index (χ0) is 21.9. The Morgan fingerprint density at radius 3 is 2.60 bits per heavy atom. The van der Waals surface area contributed by atoms with Gasteiger partial charge in [-0.15, -0.1) is 0 Å². The average molecular weight is 492 g/mol. The molecule has 0 aromatic heterocycles. The fourth-order valence-electron chi connectivity index (χ4n) is 3.32. The molecular weight excluding hydrogens is 471 g/mol. The minimum atomic E-state index is -3.78. The van der Waals surface area contributed by atoms with E-state index in [1.165, 1.54) is 29.6 Å². The fourth-order valence-corrected chi connectivity index (χ4v) is 5.67. The number of halogens is 3. The molecule has 1 heterocycles. The number of carbonyl (C=O) groups excluding carboxylic acids is 1. The van der Waals surface area contributed by atoms with Crippen molar-refractivity contribution in [1.29, 1.82) is 0 Å². The van der Waals surface area contributed by atoms with Crippen LogP contribution in [0.5, 0.6) is 5.75 Å². The summed E-state index contributed by atoms with van der Waals surface area (Å²) in [5.74, 6) is -0.269. The first-order valence-electron chi connectivity index (χ1n) is 9.27. The number of ether oxygens (including phenoxy) is 1. The Morgan fingerprint density at radius 2 is 1.93 bits per heavy atom. The largest absolute Gasteiger partial charge is 0.495 e. The van der Waals surface area contributed by atoms with E-state index in [1.54, 1.807) is 18.2 Å². The van der Waals surface area contributed by atoms with Crippen LogP contribution in [0.2, 0.25) is 15.1 Å². The highest BCUT2D eigenvalue weighted by Crippen LogP contribution is 2.30. The van der Waals surface area contributed by atoms with E-state index in [0.29, 0.717) is 35.2 Å². The van der Waals surface area contributed by atoms with Crippen LogP contribution in [-0.2, 0) is 21.4 Å². The first kappa shape index (κ1) is 23.2. The molecule has 6 nitrogen and oxygen atoms in total. The third-order valence-electron chi connectivity index (χ3n) is 4.98. The lowest BCUT2D eigenvalue weighted by Crippen LogP contribution is -2.45. The SMILES string of the molecule is COc1ccc(S(=O)(=O)N2CCCC(C(=O)NCc3ccc(Cl)cc3Cl)C2)cc1Cl. The maximum Gasteiger partial charge on any atom is 0.243 e. The molecule has 0 spiro atoms. The number of nitrogens with one attached hydrogen (secondary N) is 1. The minimum absolute atomic E-state index is 0.0716. The Balaban J connectivity index is 1.68. The number of hydrogen-bond acceptors (Lipinski definition) is 4. The summed E-state index contributed by atoms with van der Waals surface area (Å²) in [7, 11) is -2.32. The predicted molar refractivity (Wildman–Crippen MR) is 118 cm³/mol. The molecular formula is C20H21Cl3N2O4S. The van der Waals surface area contributed by atoms with Gasteiger partial charge in [-0.2, -0.15) is 4.31 Å². The van der Waals surface area contributed by atoms with E-state index in [0.717, 1.165) is 5.56 Å². The normalized spacial score (nSPS) is 17.5. The van der Waals surface area contributed by atoms with Gasteiger partial charge in [0.2, 0.25) is 15.9 Å². The maximum atomic E-state index is 13.0. The van der Waals surface area contributed by atoms with Crippen LogP contribution in [0.3, 0.4) is 0 Å². The molecule has 1 atom stereocenters. The molecule has 0 aliphatic carbocycles. The lowest BCUT2D eigenvalue weighted by atomic mass is 9.99. The number of piperidine rings is 1. The highest BCUT2D eigenvalue weighted by molar-refractivity contribution is 7.89. The van der Waals surface area contributed by atoms with Gasteiger partial charge in [-0.3, -0.25) is 4.79 Å². The van der Waals surface area contributed by atoms with Crippen LogP contribution in [0.1, 0.15) is 18.4 Å². The minimum Gasteiger partial charge on any atom is -0.495 e. The van der Waals surface area contributed by atoms with Gasteiger partial charge in [0.25, 0.3) is 0 Å². The van der Waals surface area contributed by atoms with Crippen LogP contribution in [0.25, 0.3) is 0 Å². The fraction of sp³-hybridized carbons (Fsp3) is 0.350. The van der Waals surface area contributed by atoms with Gasteiger partial charge in [0, 0.05) is 29.7 Å². The number of hydrogen-bond donors (Lipinski definition) is 1. The van der Waals surface area contributed by atoms with Crippen molar-refractivity contribution in [3.63, 3.8) is 0 Å². The van der Waals surface area contributed by atoms with Gasteiger partial charge in [0.15, 0.2) is 0 Å². The zero-order valence-corrected chi connectivity index (χ0v) is 19.3. The summed E-state index contributed by atoms with van der Waals surface area (Å²) in [6, 6.07) is 9.38. The molecule has 0 bridgehead atoms. The second-order valence-electron chi connectivity index (χ2n) is 6.95. The van der Waals surface area contributed by atoms with Gasteiger partial charge in [0.05, 0.1) is 22.9 Å². The molecule has 30 heavy (non-hydrogen) atoms. The molecule has 1 aliphatic heterocycles. The summed E-state index contributed by atoms with van der Waals surface area (Å²) in [6.07, 6.45) is 1.19. The molecule has 1 saturated heterocycles. The van der Waals surface area contributed by atoms with Crippen LogP contribution in [-0.4, -0.2) is 38.8 Å². The third kappa shape index (κ3) is 5.21. The molecule has 2 aromatic rings. The second-order valence-corrected chi connectivity index (χ2v) is 10.1. The summed E-state index contributed by atoms with van der Waals surface area (Å²) in [6.45, 7) is 0.692. The van der Waals surface area contributed by atoms with Gasteiger partial charge in [-0.1, -0.05) is 40.9 Å². The predicted octanol–water partition coefficient (Wildman–Crippen LogP) is 4.37. The van der Waals surface area contributed by atoms with Crippen molar-refractivity contribution in [3.05, 3.63) is 57.0 Å². The Morgan fingerprint density at radius 1 is 1.17 bits per heavy atom. The van der Waals surface area contributed by atoms with Crippen LogP contribution in [0, 0.1) is 5.92 Å². The quantitative estimate of drug-likeness (QED) is 0.651. The Bertz CT molecular complexity index is 1050. The van der Waals surface area contributed by atoms with Crippen LogP contribution < -0.4 is 10.1 Å². The first-order valence-corrected chi connectivity index (χ1v) is 11.8. The Kier molecular flexibility index (Phi) is 7.52. The number of methoxy groups -OCH3 is 1. The van der Waals surface area contributed by atoms with E-state index >= 15 is 0 Å². The molecule has 1 amide bonds. The summed E-state index contributed by atoms with van der Waals surface area (Å²) in [4.78, 5) is 12.7. The summed E-state index contributed by atoms with van der Waals surface area (Å²) < 4.78 is 32.5. The molecule has 1 aliphatic rings. The standard InChI is InChI=1S/C20H21Cl3N2O4S/c1-29-19-7-6-16(10-18(19)23)30(27,28)25-8-2-3-14(12-25)20(26)24-11-13-4-5-15(21)9-17(13)22/h4-7,9-10,14H,2-3,8,11-12H2,1H3,(H,24,26). The molecule has 1 N–H and O–H groups in total. The van der Waals surface area contributed by atoms with Crippen molar-refractivity contribution in [2.45, 2.75) is 24.3 Å². The van der Waals surface area contributed by atoms with Crippen LogP contribution in [0.15, 0.2) is 41.3 Å². The lowest BCUT2D eigenvalue weighted by molar-refractivity contribution is -0.126. The number of sulfonamides is 1. The molecule has 162 valence electrons. The number of nitrogens with zero attached hydrogens (tertiary/aromatic N) is 1. The van der Waals surface area contributed by atoms with Crippen molar-refractivity contribution < 1.29 is 17.9 Å². The summed E-state index contributed by atoms with van der Waals surface area (Å²) in [5, 5.41) is 4.03. The lowest BCUT2D eigenvalue weighted by Gasteiger charge is -2.31. The first-order chi connectivity index (χ1) is 14.2. The van der Waals surface area contributed by atoms with Crippen LogP contribution in [0.4, 0.5) is 0 Å². The number of amides is 1. The number of carbonyl (C=O) groups is 1. The van der Waals surface area contributed by atoms with E-state index < -0.39 is 15.9 Å². The van der Waals surface area contributed by atoms with E-state index in [9.17, 15) is 13.2 Å². The number of benzene rings is 2. The van der Waals surface area contributed by atoms with E-state index in [1.807, 2.05) is 0 Å². The maximum absolute atomic E-state index is 13.0. The van der Waals surface area contributed by atoms with Crippen molar-refractivity contribution >= 4 is 50.7 Å².